The molecule has 1 unspecified atom stereocenters. The number of fused-ring (bicyclic) bond motifs is 1. The molecule has 2 nitrogen and oxygen atoms in total. The van der Waals surface area contributed by atoms with Crippen molar-refractivity contribution in [1.29, 1.82) is 5.26 Å². The lowest BCUT2D eigenvalue weighted by molar-refractivity contribution is -0.0886. The van der Waals surface area contributed by atoms with Gasteiger partial charge in [0.25, 0.3) is 5.78 Å². The molecule has 0 aliphatic heterocycles. The number of alkyl halides is 3. The van der Waals surface area contributed by atoms with E-state index in [0.29, 0.717) is 12.0 Å². The molecule has 0 fully saturated rings. The van der Waals surface area contributed by atoms with Gasteiger partial charge in [-0.25, -0.2) is 0 Å². The van der Waals surface area contributed by atoms with E-state index in [-0.39, 0.29) is 11.1 Å². The number of carbonyl (C=O) groups is 1. The van der Waals surface area contributed by atoms with Crippen LogP contribution in [0.15, 0.2) is 18.2 Å². The van der Waals surface area contributed by atoms with Gasteiger partial charge >= 0.3 is 6.18 Å². The Morgan fingerprint density at radius 3 is 2.69 bits per heavy atom. The van der Waals surface area contributed by atoms with Crippen LogP contribution in [0.1, 0.15) is 27.4 Å². The van der Waals surface area contributed by atoms with Crippen LogP contribution in [-0.4, -0.2) is 12.0 Å². The first-order chi connectivity index (χ1) is 7.45. The maximum absolute atomic E-state index is 12.3. The van der Waals surface area contributed by atoms with E-state index in [1.54, 1.807) is 6.07 Å². The topological polar surface area (TPSA) is 40.9 Å². The van der Waals surface area contributed by atoms with E-state index in [9.17, 15) is 18.0 Å². The number of Topliss-reactive ketones (excluding diaryl/α,β-unsaturated/α-hetero) is 1. The van der Waals surface area contributed by atoms with Gasteiger partial charge in [-0.15, -0.1) is 0 Å². The molecule has 5 heteroatoms. The third-order valence-corrected chi connectivity index (χ3v) is 2.63. The van der Waals surface area contributed by atoms with E-state index in [1.165, 1.54) is 6.07 Å². The molecule has 1 aliphatic carbocycles. The zero-order chi connectivity index (χ0) is 11.9. The molecule has 0 spiro atoms. The second-order valence-electron chi connectivity index (χ2n) is 3.59. The van der Waals surface area contributed by atoms with Gasteiger partial charge in [0.1, 0.15) is 0 Å². The first-order valence-electron chi connectivity index (χ1n) is 4.58. The Kier molecular flexibility index (Phi) is 2.23. The fraction of sp³-hybridized carbons (Fsp3) is 0.273. The molecule has 0 radical (unpaired) electrons. The Bertz CT molecular complexity index is 499. The standard InChI is InChI=1S/C11H6F3NO/c12-11(13,14)10(16)8-3-1-2-6-4-7(5-15)9(6)8/h1-3,7H,4H2. The lowest BCUT2D eigenvalue weighted by Crippen LogP contribution is -2.28. The predicted molar refractivity (Wildman–Crippen MR) is 48.9 cm³/mol. The van der Waals surface area contributed by atoms with Crippen molar-refractivity contribution in [3.63, 3.8) is 0 Å². The van der Waals surface area contributed by atoms with Gasteiger partial charge in [0.2, 0.25) is 0 Å². The fourth-order valence-corrected chi connectivity index (χ4v) is 1.85. The van der Waals surface area contributed by atoms with Gasteiger partial charge in [-0.2, -0.15) is 18.4 Å². The molecule has 16 heavy (non-hydrogen) atoms. The van der Waals surface area contributed by atoms with Gasteiger partial charge < -0.3 is 0 Å². The number of nitriles is 1. The van der Waals surface area contributed by atoms with Gasteiger partial charge in [0.15, 0.2) is 0 Å². The minimum absolute atomic E-state index is 0.243. The monoisotopic (exact) mass is 225 g/mol. The number of nitrogens with zero attached hydrogens (tertiary/aromatic N) is 1. The van der Waals surface area contributed by atoms with Gasteiger partial charge in [-0.3, -0.25) is 4.79 Å². The van der Waals surface area contributed by atoms with Gasteiger partial charge in [-0.1, -0.05) is 18.2 Å². The van der Waals surface area contributed by atoms with Crippen molar-refractivity contribution < 1.29 is 18.0 Å². The van der Waals surface area contributed by atoms with Crippen LogP contribution in [0.2, 0.25) is 0 Å². The molecule has 0 amide bonds. The molecule has 82 valence electrons. The van der Waals surface area contributed by atoms with E-state index in [1.807, 2.05) is 6.07 Å². The van der Waals surface area contributed by atoms with E-state index in [2.05, 4.69) is 0 Å². The molecule has 0 N–H and O–H groups in total. The van der Waals surface area contributed by atoms with Crippen LogP contribution in [0.4, 0.5) is 13.2 Å². The average molecular weight is 225 g/mol. The summed E-state index contributed by atoms with van der Waals surface area (Å²) in [7, 11) is 0. The summed E-state index contributed by atoms with van der Waals surface area (Å²) < 4.78 is 36.8. The molecule has 0 saturated heterocycles. The number of benzene rings is 1. The number of halogens is 3. The highest BCUT2D eigenvalue weighted by Crippen LogP contribution is 2.39. The van der Waals surface area contributed by atoms with Crippen molar-refractivity contribution in [2.45, 2.75) is 18.5 Å². The summed E-state index contributed by atoms with van der Waals surface area (Å²) in [4.78, 5) is 11.1. The molecular formula is C11H6F3NO. The summed E-state index contributed by atoms with van der Waals surface area (Å²) in [5, 5.41) is 8.70. The van der Waals surface area contributed by atoms with Crippen LogP contribution in [0.5, 0.6) is 0 Å². The molecule has 1 aromatic carbocycles. The van der Waals surface area contributed by atoms with Crippen molar-refractivity contribution in [3.8, 4) is 6.07 Å². The predicted octanol–water partition coefficient (Wildman–Crippen LogP) is 2.59. The SMILES string of the molecule is N#CC1Cc2cccc(C(=O)C(F)(F)F)c21. The Hall–Kier alpha value is -1.83. The summed E-state index contributed by atoms with van der Waals surface area (Å²) in [6, 6.07) is 6.05. The Morgan fingerprint density at radius 1 is 1.44 bits per heavy atom. The van der Waals surface area contributed by atoms with Crippen LogP contribution >= 0.6 is 0 Å². The summed E-state index contributed by atoms with van der Waals surface area (Å²) in [5.74, 6) is -2.46. The zero-order valence-corrected chi connectivity index (χ0v) is 8.01. The van der Waals surface area contributed by atoms with Crippen molar-refractivity contribution in [1.82, 2.24) is 0 Å². The van der Waals surface area contributed by atoms with Crippen molar-refractivity contribution in [2.24, 2.45) is 0 Å². The minimum Gasteiger partial charge on any atom is -0.284 e. The summed E-state index contributed by atoms with van der Waals surface area (Å²) in [6.07, 6.45) is -4.46. The third kappa shape index (κ3) is 1.47. The van der Waals surface area contributed by atoms with E-state index >= 15 is 0 Å². The van der Waals surface area contributed by atoms with Gasteiger partial charge in [-0.05, 0) is 17.5 Å². The lowest BCUT2D eigenvalue weighted by atomic mass is 9.75. The molecule has 1 atom stereocenters. The van der Waals surface area contributed by atoms with Crippen molar-refractivity contribution in [3.05, 3.63) is 34.9 Å². The molecule has 2 rings (SSSR count). The Balaban J connectivity index is 2.49. The van der Waals surface area contributed by atoms with E-state index in [4.69, 9.17) is 5.26 Å². The smallest absolute Gasteiger partial charge is 0.284 e. The number of hydrogen-bond acceptors (Lipinski definition) is 2. The summed E-state index contributed by atoms with van der Waals surface area (Å²) >= 11 is 0. The summed E-state index contributed by atoms with van der Waals surface area (Å²) in [5.41, 5.74) is 0.511. The van der Waals surface area contributed by atoms with Crippen molar-refractivity contribution >= 4 is 5.78 Å². The molecule has 1 aliphatic rings. The second kappa shape index (κ2) is 3.34. The number of ketones is 1. The second-order valence-corrected chi connectivity index (χ2v) is 3.59. The number of hydrogen-bond donors (Lipinski definition) is 0. The zero-order valence-electron chi connectivity index (χ0n) is 8.01. The first-order valence-corrected chi connectivity index (χ1v) is 4.58. The largest absolute Gasteiger partial charge is 0.454 e. The van der Waals surface area contributed by atoms with Crippen LogP contribution in [0.25, 0.3) is 0 Å². The molecule has 0 saturated carbocycles. The molecule has 1 aromatic rings. The lowest BCUT2D eigenvalue weighted by Gasteiger charge is -2.27. The maximum atomic E-state index is 12.3. The van der Waals surface area contributed by atoms with Crippen LogP contribution in [0, 0.1) is 11.3 Å². The maximum Gasteiger partial charge on any atom is 0.454 e. The first kappa shape index (κ1) is 10.7. The molecular weight excluding hydrogens is 219 g/mol. The molecule has 0 aromatic heterocycles. The van der Waals surface area contributed by atoms with E-state index < -0.39 is 17.9 Å². The van der Waals surface area contributed by atoms with Crippen LogP contribution < -0.4 is 0 Å². The highest BCUT2D eigenvalue weighted by molar-refractivity contribution is 6.02. The third-order valence-electron chi connectivity index (χ3n) is 2.63. The number of carbonyl (C=O) groups excluding carboxylic acids is 1. The van der Waals surface area contributed by atoms with Crippen molar-refractivity contribution in [2.75, 3.05) is 0 Å². The highest BCUT2D eigenvalue weighted by Gasteiger charge is 2.43. The number of rotatable bonds is 1. The van der Waals surface area contributed by atoms with E-state index in [0.717, 1.165) is 6.07 Å². The van der Waals surface area contributed by atoms with Crippen LogP contribution in [0.3, 0.4) is 0 Å². The minimum atomic E-state index is -4.88. The fourth-order valence-electron chi connectivity index (χ4n) is 1.85. The van der Waals surface area contributed by atoms with Gasteiger partial charge in [0, 0.05) is 5.56 Å². The summed E-state index contributed by atoms with van der Waals surface area (Å²) in [6.45, 7) is 0. The average Bonchev–Trinajstić information content (AvgIpc) is 2.17. The molecule has 0 heterocycles. The quantitative estimate of drug-likeness (QED) is 0.689. The normalized spacial score (nSPS) is 18.2. The highest BCUT2D eigenvalue weighted by atomic mass is 19.4. The Morgan fingerprint density at radius 2 is 2.12 bits per heavy atom. The van der Waals surface area contributed by atoms with Gasteiger partial charge in [0.05, 0.1) is 12.0 Å². The van der Waals surface area contributed by atoms with Crippen LogP contribution in [-0.2, 0) is 6.42 Å². The Labute approximate surface area is 89.3 Å². The molecule has 0 bridgehead atoms.